The topological polar surface area (TPSA) is 68.0 Å². The van der Waals surface area contributed by atoms with Crippen molar-refractivity contribution in [3.63, 3.8) is 0 Å². The molecule has 0 aliphatic heterocycles. The highest BCUT2D eigenvalue weighted by Crippen LogP contribution is 2.21. The van der Waals surface area contributed by atoms with Gasteiger partial charge in [0.2, 0.25) is 11.9 Å². The molecule has 1 heterocycles. The molecule has 0 fully saturated rings. The van der Waals surface area contributed by atoms with Crippen LogP contribution in [-0.2, 0) is 4.79 Å². The van der Waals surface area contributed by atoms with Crippen molar-refractivity contribution in [3.05, 3.63) is 24.3 Å². The van der Waals surface area contributed by atoms with E-state index in [9.17, 15) is 9.18 Å². The fourth-order valence-corrected chi connectivity index (χ4v) is 1.76. The maximum Gasteiger partial charge on any atom is 0.225 e. The van der Waals surface area contributed by atoms with Crippen molar-refractivity contribution in [2.24, 2.45) is 11.1 Å². The molecule has 1 amide bonds. The highest BCUT2D eigenvalue weighted by molar-refractivity contribution is 5.90. The number of hydrogen-bond donors (Lipinski definition) is 2. The molecule has 0 aliphatic carbocycles. The molecular weight excluding hydrogens is 233 g/mol. The van der Waals surface area contributed by atoms with Crippen LogP contribution in [0.5, 0.6) is 0 Å². The second-order valence-electron chi connectivity index (χ2n) is 5.65. The van der Waals surface area contributed by atoms with Crippen LogP contribution in [0.15, 0.2) is 18.3 Å². The van der Waals surface area contributed by atoms with Gasteiger partial charge in [-0.15, -0.1) is 0 Å². The number of halogens is 1. The van der Waals surface area contributed by atoms with E-state index < -0.39 is 5.95 Å². The van der Waals surface area contributed by atoms with Crippen molar-refractivity contribution < 1.29 is 9.18 Å². The third-order valence-corrected chi connectivity index (χ3v) is 2.33. The van der Waals surface area contributed by atoms with Crippen LogP contribution in [0.1, 0.15) is 33.6 Å². The molecule has 0 bridgehead atoms. The van der Waals surface area contributed by atoms with E-state index >= 15 is 0 Å². The SMILES string of the molecule is CC(C)(C)CC(N)CC(=O)Nc1ccc(F)nc1. The number of amides is 1. The molecule has 0 saturated heterocycles. The van der Waals surface area contributed by atoms with Crippen molar-refractivity contribution in [2.75, 3.05) is 5.32 Å². The number of carbonyl (C=O) groups is 1. The highest BCUT2D eigenvalue weighted by atomic mass is 19.1. The third-order valence-electron chi connectivity index (χ3n) is 2.33. The van der Waals surface area contributed by atoms with E-state index in [0.29, 0.717) is 5.69 Å². The number of aromatic nitrogens is 1. The van der Waals surface area contributed by atoms with Gasteiger partial charge in [-0.2, -0.15) is 4.39 Å². The van der Waals surface area contributed by atoms with E-state index in [1.165, 1.54) is 18.3 Å². The van der Waals surface area contributed by atoms with Gasteiger partial charge in [-0.05, 0) is 24.0 Å². The highest BCUT2D eigenvalue weighted by Gasteiger charge is 2.18. The molecule has 0 aliphatic rings. The minimum atomic E-state index is -0.572. The summed E-state index contributed by atoms with van der Waals surface area (Å²) in [5, 5.41) is 2.64. The number of nitrogens with one attached hydrogen (secondary N) is 1. The van der Waals surface area contributed by atoms with E-state index in [2.05, 4.69) is 31.1 Å². The fraction of sp³-hybridized carbons (Fsp3) is 0.538. The average molecular weight is 253 g/mol. The predicted molar refractivity (Wildman–Crippen MR) is 69.5 cm³/mol. The van der Waals surface area contributed by atoms with E-state index in [1.54, 1.807) is 0 Å². The average Bonchev–Trinajstić information content (AvgIpc) is 2.18. The summed E-state index contributed by atoms with van der Waals surface area (Å²) >= 11 is 0. The lowest BCUT2D eigenvalue weighted by Crippen LogP contribution is -2.31. The Morgan fingerprint density at radius 1 is 1.50 bits per heavy atom. The number of nitrogens with two attached hydrogens (primary N) is 1. The molecule has 0 radical (unpaired) electrons. The molecule has 100 valence electrons. The molecule has 1 atom stereocenters. The van der Waals surface area contributed by atoms with Gasteiger partial charge in [-0.3, -0.25) is 4.79 Å². The smallest absolute Gasteiger partial charge is 0.225 e. The number of nitrogens with zero attached hydrogens (tertiary/aromatic N) is 1. The minimum absolute atomic E-state index is 0.0944. The monoisotopic (exact) mass is 253 g/mol. The first-order valence-electron chi connectivity index (χ1n) is 5.93. The summed E-state index contributed by atoms with van der Waals surface area (Å²) in [6, 6.07) is 2.48. The standard InChI is InChI=1S/C13H20FN3O/c1-13(2,3)7-9(15)6-12(18)17-10-4-5-11(14)16-8-10/h4-5,8-9H,6-7,15H2,1-3H3,(H,17,18). The van der Waals surface area contributed by atoms with Crippen molar-refractivity contribution in [1.82, 2.24) is 4.98 Å². The fourth-order valence-electron chi connectivity index (χ4n) is 1.76. The first-order chi connectivity index (χ1) is 8.26. The van der Waals surface area contributed by atoms with Gasteiger partial charge in [0.05, 0.1) is 11.9 Å². The molecule has 0 aromatic carbocycles. The Labute approximate surface area is 107 Å². The first kappa shape index (κ1) is 14.6. The van der Waals surface area contributed by atoms with Gasteiger partial charge >= 0.3 is 0 Å². The molecule has 1 rings (SSSR count). The van der Waals surface area contributed by atoms with Gasteiger partial charge in [-0.25, -0.2) is 4.98 Å². The van der Waals surface area contributed by atoms with Gasteiger partial charge in [0.25, 0.3) is 0 Å². The van der Waals surface area contributed by atoms with Crippen LogP contribution in [0.25, 0.3) is 0 Å². The van der Waals surface area contributed by atoms with Crippen LogP contribution in [0.2, 0.25) is 0 Å². The maximum absolute atomic E-state index is 12.6. The number of hydrogen-bond acceptors (Lipinski definition) is 3. The molecule has 1 aromatic heterocycles. The Morgan fingerprint density at radius 3 is 2.67 bits per heavy atom. The van der Waals surface area contributed by atoms with E-state index in [-0.39, 0.29) is 23.8 Å². The summed E-state index contributed by atoms with van der Waals surface area (Å²) in [5.41, 5.74) is 6.47. The summed E-state index contributed by atoms with van der Waals surface area (Å²) in [5.74, 6) is -0.752. The zero-order valence-corrected chi connectivity index (χ0v) is 11.0. The van der Waals surface area contributed by atoms with Gasteiger partial charge in [-0.1, -0.05) is 20.8 Å². The van der Waals surface area contributed by atoms with Crippen molar-refractivity contribution in [3.8, 4) is 0 Å². The normalized spacial score (nSPS) is 13.2. The van der Waals surface area contributed by atoms with Crippen LogP contribution >= 0.6 is 0 Å². The third kappa shape index (κ3) is 5.72. The molecule has 3 N–H and O–H groups in total. The second kappa shape index (κ2) is 5.91. The Bertz CT molecular complexity index is 398. The lowest BCUT2D eigenvalue weighted by molar-refractivity contribution is -0.116. The lowest BCUT2D eigenvalue weighted by atomic mass is 9.87. The number of carbonyl (C=O) groups excluding carboxylic acids is 1. The summed E-state index contributed by atoms with van der Waals surface area (Å²) in [6.07, 6.45) is 2.29. The molecule has 0 spiro atoms. The Balaban J connectivity index is 2.44. The molecule has 1 unspecified atom stereocenters. The van der Waals surface area contributed by atoms with Gasteiger partial charge in [0.15, 0.2) is 0 Å². The summed E-state index contributed by atoms with van der Waals surface area (Å²) in [6.45, 7) is 6.23. The van der Waals surface area contributed by atoms with E-state index in [1.807, 2.05) is 0 Å². The zero-order valence-electron chi connectivity index (χ0n) is 11.0. The van der Waals surface area contributed by atoms with Crippen LogP contribution in [0, 0.1) is 11.4 Å². The minimum Gasteiger partial charge on any atom is -0.327 e. The molecule has 0 saturated carbocycles. The zero-order chi connectivity index (χ0) is 13.8. The number of rotatable bonds is 4. The summed E-state index contributed by atoms with van der Waals surface area (Å²) in [7, 11) is 0. The molecule has 1 aromatic rings. The van der Waals surface area contributed by atoms with Crippen LogP contribution in [-0.4, -0.2) is 16.9 Å². The molecular formula is C13H20FN3O. The van der Waals surface area contributed by atoms with Crippen LogP contribution in [0.3, 0.4) is 0 Å². The van der Waals surface area contributed by atoms with Gasteiger partial charge in [0.1, 0.15) is 0 Å². The second-order valence-corrected chi connectivity index (χ2v) is 5.65. The van der Waals surface area contributed by atoms with Gasteiger partial charge < -0.3 is 11.1 Å². The Morgan fingerprint density at radius 2 is 2.17 bits per heavy atom. The van der Waals surface area contributed by atoms with Gasteiger partial charge in [0, 0.05) is 12.5 Å². The molecule has 4 nitrogen and oxygen atoms in total. The predicted octanol–water partition coefficient (Wildman–Crippen LogP) is 2.31. The van der Waals surface area contributed by atoms with Crippen molar-refractivity contribution in [1.29, 1.82) is 0 Å². The van der Waals surface area contributed by atoms with Crippen molar-refractivity contribution in [2.45, 2.75) is 39.7 Å². The Kier molecular flexibility index (Phi) is 4.78. The largest absolute Gasteiger partial charge is 0.327 e. The maximum atomic E-state index is 12.6. The lowest BCUT2D eigenvalue weighted by Gasteiger charge is -2.22. The van der Waals surface area contributed by atoms with E-state index in [4.69, 9.17) is 5.73 Å². The van der Waals surface area contributed by atoms with Crippen LogP contribution < -0.4 is 11.1 Å². The Hall–Kier alpha value is -1.49. The number of anilines is 1. The van der Waals surface area contributed by atoms with E-state index in [0.717, 1.165) is 6.42 Å². The summed E-state index contributed by atoms with van der Waals surface area (Å²) in [4.78, 5) is 15.1. The van der Waals surface area contributed by atoms with Crippen LogP contribution in [0.4, 0.5) is 10.1 Å². The molecule has 18 heavy (non-hydrogen) atoms. The summed E-state index contributed by atoms with van der Waals surface area (Å²) < 4.78 is 12.6. The first-order valence-corrected chi connectivity index (χ1v) is 5.93. The number of pyridine rings is 1. The quantitative estimate of drug-likeness (QED) is 0.809. The van der Waals surface area contributed by atoms with Crippen molar-refractivity contribution >= 4 is 11.6 Å². The molecule has 5 heteroatoms.